The second-order valence-corrected chi connectivity index (χ2v) is 8.13. The van der Waals surface area contributed by atoms with E-state index in [1.165, 1.54) is 16.3 Å². The van der Waals surface area contributed by atoms with E-state index < -0.39 is 0 Å². The highest BCUT2D eigenvalue weighted by Gasteiger charge is 2.28. The van der Waals surface area contributed by atoms with Crippen molar-refractivity contribution in [2.24, 2.45) is 11.8 Å². The number of likely N-dealkylation sites (tertiary alicyclic amines) is 1. The molecule has 0 radical (unpaired) electrons. The predicted molar refractivity (Wildman–Crippen MR) is 109 cm³/mol. The third-order valence-electron chi connectivity index (χ3n) is 6.07. The Morgan fingerprint density at radius 1 is 1.00 bits per heavy atom. The van der Waals surface area contributed by atoms with Crippen molar-refractivity contribution in [1.82, 2.24) is 10.2 Å². The van der Waals surface area contributed by atoms with Gasteiger partial charge in [-0.2, -0.15) is 0 Å². The predicted octanol–water partition coefficient (Wildman–Crippen LogP) is 4.77. The van der Waals surface area contributed by atoms with E-state index >= 15 is 0 Å². The molecule has 1 fully saturated rings. The van der Waals surface area contributed by atoms with E-state index in [0.717, 1.165) is 25.9 Å². The summed E-state index contributed by atoms with van der Waals surface area (Å²) in [6.45, 7) is 10.7. The molecule has 0 aliphatic carbocycles. The second-order valence-electron chi connectivity index (χ2n) is 8.13. The van der Waals surface area contributed by atoms with Crippen LogP contribution in [0.4, 0.5) is 0 Å². The lowest BCUT2D eigenvalue weighted by Crippen LogP contribution is -2.44. The summed E-state index contributed by atoms with van der Waals surface area (Å²) < 4.78 is 0. The molecule has 1 heterocycles. The Bertz CT molecular complexity index is 747. The molecule has 3 nitrogen and oxygen atoms in total. The van der Waals surface area contributed by atoms with E-state index in [9.17, 15) is 4.79 Å². The van der Waals surface area contributed by atoms with Crippen LogP contribution in [0.15, 0.2) is 42.5 Å². The number of carbonyl (C=O) groups excluding carboxylic acids is 1. The minimum Gasteiger partial charge on any atom is -0.353 e. The largest absolute Gasteiger partial charge is 0.353 e. The van der Waals surface area contributed by atoms with E-state index in [4.69, 9.17) is 0 Å². The zero-order valence-corrected chi connectivity index (χ0v) is 16.5. The van der Waals surface area contributed by atoms with Crippen LogP contribution in [0.5, 0.6) is 0 Å². The number of carbonyl (C=O) groups is 1. The van der Waals surface area contributed by atoms with Crippen molar-refractivity contribution < 1.29 is 4.79 Å². The Morgan fingerprint density at radius 2 is 1.65 bits per heavy atom. The van der Waals surface area contributed by atoms with Gasteiger partial charge in [0.15, 0.2) is 0 Å². The van der Waals surface area contributed by atoms with Crippen LogP contribution in [0.3, 0.4) is 0 Å². The van der Waals surface area contributed by atoms with Gasteiger partial charge in [-0.15, -0.1) is 0 Å². The molecular formula is C23H32N2O. The third-order valence-corrected chi connectivity index (χ3v) is 6.07. The normalized spacial score (nSPS) is 18.8. The highest BCUT2D eigenvalue weighted by molar-refractivity contribution is 5.83. The number of amides is 1. The van der Waals surface area contributed by atoms with Gasteiger partial charge in [0.2, 0.25) is 5.91 Å². The molecule has 0 spiro atoms. The number of fused-ring (bicyclic) bond motifs is 1. The molecule has 2 atom stereocenters. The quantitative estimate of drug-likeness (QED) is 0.840. The average Bonchev–Trinajstić information content (AvgIpc) is 2.67. The monoisotopic (exact) mass is 352 g/mol. The molecular weight excluding hydrogens is 320 g/mol. The molecule has 2 aromatic carbocycles. The summed E-state index contributed by atoms with van der Waals surface area (Å²) in [6, 6.07) is 15.9. The van der Waals surface area contributed by atoms with E-state index in [-0.39, 0.29) is 17.9 Å². The SMILES string of the molecule is CC(C)C(C)NC(=O)C1CCN(C(C)c2ccc3ccccc3c2)CC1. The van der Waals surface area contributed by atoms with Gasteiger partial charge in [0, 0.05) is 18.0 Å². The van der Waals surface area contributed by atoms with Crippen LogP contribution >= 0.6 is 0 Å². The first-order chi connectivity index (χ1) is 12.5. The summed E-state index contributed by atoms with van der Waals surface area (Å²) in [6.07, 6.45) is 1.91. The Hall–Kier alpha value is -1.87. The molecule has 1 aliphatic heterocycles. The third kappa shape index (κ3) is 4.27. The molecule has 3 rings (SSSR count). The number of hydrogen-bond donors (Lipinski definition) is 1. The molecule has 2 unspecified atom stereocenters. The number of hydrogen-bond acceptors (Lipinski definition) is 2. The number of rotatable bonds is 5. The van der Waals surface area contributed by atoms with E-state index in [2.05, 4.69) is 80.4 Å². The van der Waals surface area contributed by atoms with Crippen LogP contribution in [0.25, 0.3) is 10.8 Å². The summed E-state index contributed by atoms with van der Waals surface area (Å²) in [7, 11) is 0. The molecule has 1 N–H and O–H groups in total. The van der Waals surface area contributed by atoms with Crippen molar-refractivity contribution in [2.75, 3.05) is 13.1 Å². The molecule has 1 saturated heterocycles. The summed E-state index contributed by atoms with van der Waals surface area (Å²) in [5.41, 5.74) is 1.36. The van der Waals surface area contributed by atoms with Gasteiger partial charge in [-0.1, -0.05) is 50.2 Å². The number of benzene rings is 2. The first-order valence-corrected chi connectivity index (χ1v) is 9.99. The standard InChI is InChI=1S/C23H32N2O/c1-16(2)17(3)24-23(26)20-11-13-25(14-12-20)18(4)21-10-9-19-7-5-6-8-22(19)15-21/h5-10,15-18,20H,11-14H2,1-4H3,(H,24,26). The highest BCUT2D eigenvalue weighted by atomic mass is 16.1. The minimum atomic E-state index is 0.163. The minimum absolute atomic E-state index is 0.163. The fourth-order valence-electron chi connectivity index (χ4n) is 3.74. The van der Waals surface area contributed by atoms with Crippen LogP contribution in [0.1, 0.15) is 52.1 Å². The average molecular weight is 353 g/mol. The van der Waals surface area contributed by atoms with Crippen LogP contribution in [0, 0.1) is 11.8 Å². The molecule has 0 aromatic heterocycles. The maximum absolute atomic E-state index is 12.5. The maximum atomic E-state index is 12.5. The van der Waals surface area contributed by atoms with Crippen molar-refractivity contribution in [2.45, 2.75) is 52.6 Å². The van der Waals surface area contributed by atoms with Crippen molar-refractivity contribution in [3.8, 4) is 0 Å². The van der Waals surface area contributed by atoms with Gasteiger partial charge in [0.05, 0.1) is 0 Å². The summed E-state index contributed by atoms with van der Waals surface area (Å²) in [5, 5.41) is 5.78. The van der Waals surface area contributed by atoms with Crippen LogP contribution in [0.2, 0.25) is 0 Å². The van der Waals surface area contributed by atoms with Gasteiger partial charge in [-0.25, -0.2) is 0 Å². The van der Waals surface area contributed by atoms with Crippen molar-refractivity contribution in [3.05, 3.63) is 48.0 Å². The molecule has 1 amide bonds. The van der Waals surface area contributed by atoms with Gasteiger partial charge in [0.1, 0.15) is 0 Å². The fraction of sp³-hybridized carbons (Fsp3) is 0.522. The van der Waals surface area contributed by atoms with E-state index in [1.807, 2.05) is 0 Å². The van der Waals surface area contributed by atoms with Gasteiger partial charge in [0.25, 0.3) is 0 Å². The van der Waals surface area contributed by atoms with Crippen molar-refractivity contribution >= 4 is 16.7 Å². The fourth-order valence-corrected chi connectivity index (χ4v) is 3.74. The van der Waals surface area contributed by atoms with Gasteiger partial charge in [-0.3, -0.25) is 9.69 Å². The number of nitrogens with one attached hydrogen (secondary N) is 1. The molecule has 3 heteroatoms. The van der Waals surface area contributed by atoms with Crippen LogP contribution in [-0.2, 0) is 4.79 Å². The smallest absolute Gasteiger partial charge is 0.223 e. The van der Waals surface area contributed by atoms with Gasteiger partial charge in [-0.05, 0) is 68.1 Å². The first-order valence-electron chi connectivity index (χ1n) is 9.99. The van der Waals surface area contributed by atoms with Crippen molar-refractivity contribution in [1.29, 1.82) is 0 Å². The molecule has 1 aliphatic rings. The number of nitrogens with zero attached hydrogens (tertiary/aromatic N) is 1. The van der Waals surface area contributed by atoms with Crippen molar-refractivity contribution in [3.63, 3.8) is 0 Å². The topological polar surface area (TPSA) is 32.3 Å². The summed E-state index contributed by atoms with van der Waals surface area (Å²) in [5.74, 6) is 0.882. The Labute approximate surface area is 157 Å². The maximum Gasteiger partial charge on any atom is 0.223 e. The first kappa shape index (κ1) is 18.9. The number of piperidine rings is 1. The van der Waals surface area contributed by atoms with E-state index in [1.54, 1.807) is 0 Å². The van der Waals surface area contributed by atoms with Gasteiger partial charge >= 0.3 is 0 Å². The Kier molecular flexibility index (Phi) is 5.98. The summed E-state index contributed by atoms with van der Waals surface area (Å²) >= 11 is 0. The summed E-state index contributed by atoms with van der Waals surface area (Å²) in [4.78, 5) is 15.0. The lowest BCUT2D eigenvalue weighted by Gasteiger charge is -2.36. The molecule has 2 aromatic rings. The van der Waals surface area contributed by atoms with Crippen LogP contribution in [-0.4, -0.2) is 29.9 Å². The van der Waals surface area contributed by atoms with E-state index in [0.29, 0.717) is 12.0 Å². The zero-order chi connectivity index (χ0) is 18.7. The van der Waals surface area contributed by atoms with Gasteiger partial charge < -0.3 is 5.32 Å². The molecule has 0 bridgehead atoms. The second kappa shape index (κ2) is 8.22. The molecule has 26 heavy (non-hydrogen) atoms. The highest BCUT2D eigenvalue weighted by Crippen LogP contribution is 2.28. The zero-order valence-electron chi connectivity index (χ0n) is 16.5. The Morgan fingerprint density at radius 3 is 2.31 bits per heavy atom. The molecule has 0 saturated carbocycles. The van der Waals surface area contributed by atoms with Crippen LogP contribution < -0.4 is 5.32 Å². The lowest BCUT2D eigenvalue weighted by molar-refractivity contribution is -0.127. The molecule has 140 valence electrons. The lowest BCUT2D eigenvalue weighted by atomic mass is 9.92. The Balaban J connectivity index is 1.59.